The van der Waals surface area contributed by atoms with Gasteiger partial charge in [-0.25, -0.2) is 0 Å². The highest BCUT2D eigenvalue weighted by molar-refractivity contribution is 6.27. The molecule has 1 aromatic heterocycles. The van der Waals surface area contributed by atoms with Gasteiger partial charge in [-0.15, -0.1) is 11.6 Å². The van der Waals surface area contributed by atoms with Crippen LogP contribution in [0.2, 0.25) is 0 Å². The number of carbonyl (C=O) groups excluding carboxylic acids is 1. The summed E-state index contributed by atoms with van der Waals surface area (Å²) in [5.41, 5.74) is 1.77. The molecular weight excluding hydrogens is 248 g/mol. The number of rotatable bonds is 4. The van der Waals surface area contributed by atoms with Crippen molar-refractivity contribution in [1.29, 1.82) is 0 Å². The highest BCUT2D eigenvalue weighted by Crippen LogP contribution is 2.19. The first-order valence-electron chi connectivity index (χ1n) is 5.62. The number of hydrogen-bond donors (Lipinski definition) is 1. The summed E-state index contributed by atoms with van der Waals surface area (Å²) < 4.78 is 0. The minimum Gasteiger partial charge on any atom is -0.343 e. The maximum atomic E-state index is 11.5. The van der Waals surface area contributed by atoms with Gasteiger partial charge in [0.05, 0.1) is 11.7 Å². The number of halogens is 1. The van der Waals surface area contributed by atoms with Gasteiger partial charge in [0.1, 0.15) is 5.88 Å². The van der Waals surface area contributed by atoms with Gasteiger partial charge in [-0.1, -0.05) is 36.4 Å². The molecule has 18 heavy (non-hydrogen) atoms. The Morgan fingerprint density at radius 1 is 1.17 bits per heavy atom. The largest absolute Gasteiger partial charge is 0.343 e. The standard InChI is InChI=1S/C14H13ClN2O/c15-10-13(18)17-14(11-6-2-1-3-7-11)12-8-4-5-9-16-12/h1-9,14H,10H2,(H,17,18). The third-order valence-electron chi connectivity index (χ3n) is 2.54. The maximum absolute atomic E-state index is 11.5. The Bertz CT molecular complexity index is 462. The quantitative estimate of drug-likeness (QED) is 0.859. The van der Waals surface area contributed by atoms with Gasteiger partial charge in [-0.05, 0) is 17.7 Å². The van der Waals surface area contributed by atoms with Crippen LogP contribution in [0.5, 0.6) is 0 Å². The molecule has 92 valence electrons. The van der Waals surface area contributed by atoms with Crippen LogP contribution in [0.3, 0.4) is 0 Å². The normalized spacial score (nSPS) is 11.8. The number of aromatic nitrogens is 1. The van der Waals surface area contributed by atoms with Crippen molar-refractivity contribution in [3.05, 3.63) is 66.0 Å². The van der Waals surface area contributed by atoms with E-state index in [0.717, 1.165) is 11.3 Å². The van der Waals surface area contributed by atoms with Crippen LogP contribution in [0.1, 0.15) is 17.3 Å². The molecule has 1 N–H and O–H groups in total. The summed E-state index contributed by atoms with van der Waals surface area (Å²) in [5, 5.41) is 2.87. The number of benzene rings is 1. The number of nitrogens with one attached hydrogen (secondary N) is 1. The Hall–Kier alpha value is -1.87. The van der Waals surface area contributed by atoms with Crippen molar-refractivity contribution in [3.63, 3.8) is 0 Å². The van der Waals surface area contributed by atoms with Crippen molar-refractivity contribution in [2.75, 3.05) is 5.88 Å². The van der Waals surface area contributed by atoms with Crippen molar-refractivity contribution in [1.82, 2.24) is 10.3 Å². The number of pyridine rings is 1. The molecule has 0 aliphatic rings. The highest BCUT2D eigenvalue weighted by Gasteiger charge is 2.16. The molecular formula is C14H13ClN2O. The topological polar surface area (TPSA) is 42.0 Å². The number of alkyl halides is 1. The second-order valence-corrected chi connectivity index (χ2v) is 4.07. The van der Waals surface area contributed by atoms with Gasteiger partial charge in [-0.3, -0.25) is 9.78 Å². The zero-order valence-corrected chi connectivity index (χ0v) is 10.5. The molecule has 2 aromatic rings. The van der Waals surface area contributed by atoms with Crippen LogP contribution in [-0.4, -0.2) is 16.8 Å². The molecule has 2 rings (SSSR count). The van der Waals surface area contributed by atoms with Crippen LogP contribution in [0.4, 0.5) is 0 Å². The summed E-state index contributed by atoms with van der Waals surface area (Å²) in [6, 6.07) is 15.0. The molecule has 1 aromatic carbocycles. The van der Waals surface area contributed by atoms with Crippen molar-refractivity contribution >= 4 is 17.5 Å². The van der Waals surface area contributed by atoms with Gasteiger partial charge in [-0.2, -0.15) is 0 Å². The van der Waals surface area contributed by atoms with Crippen LogP contribution in [0, 0.1) is 0 Å². The summed E-state index contributed by atoms with van der Waals surface area (Å²) in [5.74, 6) is -0.271. The summed E-state index contributed by atoms with van der Waals surface area (Å²) >= 11 is 5.54. The van der Waals surface area contributed by atoms with Crippen molar-refractivity contribution in [3.8, 4) is 0 Å². The van der Waals surface area contributed by atoms with E-state index in [1.165, 1.54) is 0 Å². The van der Waals surface area contributed by atoms with E-state index < -0.39 is 0 Å². The van der Waals surface area contributed by atoms with Crippen molar-refractivity contribution in [2.24, 2.45) is 0 Å². The van der Waals surface area contributed by atoms with Crippen molar-refractivity contribution < 1.29 is 4.79 Å². The first-order chi connectivity index (χ1) is 8.81. The molecule has 0 saturated heterocycles. The van der Waals surface area contributed by atoms with Crippen LogP contribution >= 0.6 is 11.6 Å². The average molecular weight is 261 g/mol. The predicted octanol–water partition coefficient (Wildman–Crippen LogP) is 2.53. The van der Waals surface area contributed by atoms with E-state index in [9.17, 15) is 4.79 Å². The molecule has 0 radical (unpaired) electrons. The number of hydrogen-bond acceptors (Lipinski definition) is 2. The molecule has 0 bridgehead atoms. The Morgan fingerprint density at radius 3 is 2.50 bits per heavy atom. The molecule has 1 heterocycles. The first-order valence-corrected chi connectivity index (χ1v) is 6.16. The third kappa shape index (κ3) is 3.08. The lowest BCUT2D eigenvalue weighted by molar-refractivity contribution is -0.119. The molecule has 0 aliphatic heterocycles. The van der Waals surface area contributed by atoms with Crippen LogP contribution < -0.4 is 5.32 Å². The molecule has 4 heteroatoms. The van der Waals surface area contributed by atoms with E-state index in [2.05, 4.69) is 10.3 Å². The molecule has 0 aliphatic carbocycles. The minimum atomic E-state index is -0.265. The molecule has 1 unspecified atom stereocenters. The Morgan fingerprint density at radius 2 is 1.89 bits per heavy atom. The lowest BCUT2D eigenvalue weighted by atomic mass is 10.0. The van der Waals surface area contributed by atoms with Gasteiger partial charge >= 0.3 is 0 Å². The monoisotopic (exact) mass is 260 g/mol. The van der Waals surface area contributed by atoms with Crippen LogP contribution in [0.25, 0.3) is 0 Å². The number of amides is 1. The van der Waals surface area contributed by atoms with Gasteiger partial charge < -0.3 is 5.32 Å². The van der Waals surface area contributed by atoms with Crippen LogP contribution in [-0.2, 0) is 4.79 Å². The molecule has 0 fully saturated rings. The van der Waals surface area contributed by atoms with Crippen LogP contribution in [0.15, 0.2) is 54.7 Å². The van der Waals surface area contributed by atoms with E-state index >= 15 is 0 Å². The molecule has 3 nitrogen and oxygen atoms in total. The zero-order chi connectivity index (χ0) is 12.8. The smallest absolute Gasteiger partial charge is 0.235 e. The van der Waals surface area contributed by atoms with E-state index in [1.54, 1.807) is 6.20 Å². The van der Waals surface area contributed by atoms with E-state index in [1.807, 2.05) is 48.5 Å². The summed E-state index contributed by atoms with van der Waals surface area (Å²) in [6.45, 7) is 0. The van der Waals surface area contributed by atoms with E-state index in [4.69, 9.17) is 11.6 Å². The fraction of sp³-hybridized carbons (Fsp3) is 0.143. The second kappa shape index (κ2) is 6.17. The Kier molecular flexibility index (Phi) is 4.31. The number of carbonyl (C=O) groups is 1. The third-order valence-corrected chi connectivity index (χ3v) is 2.79. The molecule has 0 spiro atoms. The highest BCUT2D eigenvalue weighted by atomic mass is 35.5. The lowest BCUT2D eigenvalue weighted by Gasteiger charge is -2.18. The SMILES string of the molecule is O=C(CCl)NC(c1ccccc1)c1ccccn1. The zero-order valence-electron chi connectivity index (χ0n) is 9.71. The Labute approximate surface area is 111 Å². The maximum Gasteiger partial charge on any atom is 0.235 e. The van der Waals surface area contributed by atoms with E-state index in [-0.39, 0.29) is 17.8 Å². The van der Waals surface area contributed by atoms with Gasteiger partial charge in [0.15, 0.2) is 0 Å². The molecule has 0 saturated carbocycles. The fourth-order valence-electron chi connectivity index (χ4n) is 1.72. The summed E-state index contributed by atoms with van der Waals surface area (Å²) in [4.78, 5) is 15.8. The fourth-order valence-corrected chi connectivity index (χ4v) is 1.80. The molecule has 1 atom stereocenters. The van der Waals surface area contributed by atoms with E-state index in [0.29, 0.717) is 0 Å². The second-order valence-electron chi connectivity index (χ2n) is 3.80. The predicted molar refractivity (Wildman–Crippen MR) is 71.4 cm³/mol. The van der Waals surface area contributed by atoms with Gasteiger partial charge in [0, 0.05) is 6.20 Å². The van der Waals surface area contributed by atoms with Gasteiger partial charge in [0.25, 0.3) is 0 Å². The average Bonchev–Trinajstić information content (AvgIpc) is 2.46. The van der Waals surface area contributed by atoms with Gasteiger partial charge in [0.2, 0.25) is 5.91 Å². The first kappa shape index (κ1) is 12.6. The molecule has 1 amide bonds. The summed E-state index contributed by atoms with van der Waals surface area (Å²) in [7, 11) is 0. The van der Waals surface area contributed by atoms with Crippen molar-refractivity contribution in [2.45, 2.75) is 6.04 Å². The minimum absolute atomic E-state index is 0.0594. The Balaban J connectivity index is 2.32. The number of nitrogens with zero attached hydrogens (tertiary/aromatic N) is 1. The lowest BCUT2D eigenvalue weighted by Crippen LogP contribution is -2.30. The summed E-state index contributed by atoms with van der Waals surface area (Å²) in [6.07, 6.45) is 1.71.